The van der Waals surface area contributed by atoms with Crippen molar-refractivity contribution in [2.24, 2.45) is 5.92 Å². The molecule has 0 aliphatic rings. The number of nitrogens with zero attached hydrogens (tertiary/aromatic N) is 1. The number of hydrogen-bond donors (Lipinski definition) is 2. The quantitative estimate of drug-likeness (QED) is 0.791. The second-order valence-corrected chi connectivity index (χ2v) is 4.50. The highest BCUT2D eigenvalue weighted by Gasteiger charge is 2.05. The van der Waals surface area contributed by atoms with Crippen LogP contribution in [0.15, 0.2) is 30.5 Å². The summed E-state index contributed by atoms with van der Waals surface area (Å²) in [5.41, 5.74) is 8.74. The van der Waals surface area contributed by atoms with Crippen LogP contribution < -0.4 is 11.1 Å². The molecule has 0 radical (unpaired) electrons. The monoisotopic (exact) mass is 229 g/mol. The molecular weight excluding hydrogens is 210 g/mol. The SMILES string of the molecule is CCC(C)CNc1ccc(N)c2cccnc12. The highest BCUT2D eigenvalue weighted by atomic mass is 14.9. The Morgan fingerprint density at radius 2 is 2.18 bits per heavy atom. The summed E-state index contributed by atoms with van der Waals surface area (Å²) in [6.45, 7) is 5.40. The molecule has 90 valence electrons. The molecule has 0 spiro atoms. The van der Waals surface area contributed by atoms with Gasteiger partial charge in [-0.05, 0) is 30.2 Å². The summed E-state index contributed by atoms with van der Waals surface area (Å²) >= 11 is 0. The molecule has 1 heterocycles. The summed E-state index contributed by atoms with van der Waals surface area (Å²) in [4.78, 5) is 4.40. The van der Waals surface area contributed by atoms with Crippen molar-refractivity contribution in [3.8, 4) is 0 Å². The van der Waals surface area contributed by atoms with Crippen LogP contribution in [0.5, 0.6) is 0 Å². The highest BCUT2D eigenvalue weighted by Crippen LogP contribution is 2.26. The smallest absolute Gasteiger partial charge is 0.0953 e. The Hall–Kier alpha value is -1.77. The number of fused-ring (bicyclic) bond motifs is 1. The number of aromatic nitrogens is 1. The molecule has 1 aromatic heterocycles. The Kier molecular flexibility index (Phi) is 3.47. The molecule has 1 atom stereocenters. The number of pyridine rings is 1. The number of rotatable bonds is 4. The molecule has 1 unspecified atom stereocenters. The Labute approximate surface area is 102 Å². The summed E-state index contributed by atoms with van der Waals surface area (Å²) in [5, 5.41) is 4.46. The number of hydrogen-bond acceptors (Lipinski definition) is 3. The van der Waals surface area contributed by atoms with Gasteiger partial charge in [-0.3, -0.25) is 4.98 Å². The minimum absolute atomic E-state index is 0.659. The molecular formula is C14H19N3. The van der Waals surface area contributed by atoms with Crippen LogP contribution in [0.25, 0.3) is 10.9 Å². The van der Waals surface area contributed by atoms with Crippen LogP contribution in [-0.2, 0) is 0 Å². The van der Waals surface area contributed by atoms with Crippen molar-refractivity contribution >= 4 is 22.3 Å². The van der Waals surface area contributed by atoms with E-state index in [-0.39, 0.29) is 0 Å². The van der Waals surface area contributed by atoms with Gasteiger partial charge in [-0.1, -0.05) is 20.3 Å². The third-order valence-electron chi connectivity index (χ3n) is 3.14. The lowest BCUT2D eigenvalue weighted by molar-refractivity contribution is 0.594. The van der Waals surface area contributed by atoms with E-state index in [1.54, 1.807) is 6.20 Å². The van der Waals surface area contributed by atoms with Crippen LogP contribution in [0, 0.1) is 5.92 Å². The van der Waals surface area contributed by atoms with E-state index in [0.29, 0.717) is 5.92 Å². The van der Waals surface area contributed by atoms with Gasteiger partial charge in [-0.15, -0.1) is 0 Å². The molecule has 0 amide bonds. The largest absolute Gasteiger partial charge is 0.398 e. The summed E-state index contributed by atoms with van der Waals surface area (Å²) in [7, 11) is 0. The lowest BCUT2D eigenvalue weighted by Crippen LogP contribution is -2.10. The first-order valence-corrected chi connectivity index (χ1v) is 6.09. The van der Waals surface area contributed by atoms with Crippen LogP contribution in [-0.4, -0.2) is 11.5 Å². The van der Waals surface area contributed by atoms with Crippen LogP contribution in [0.3, 0.4) is 0 Å². The fourth-order valence-electron chi connectivity index (χ4n) is 1.77. The van der Waals surface area contributed by atoms with Gasteiger partial charge in [-0.25, -0.2) is 0 Å². The molecule has 0 aliphatic heterocycles. The first-order chi connectivity index (χ1) is 8.22. The zero-order valence-corrected chi connectivity index (χ0v) is 10.4. The molecule has 0 bridgehead atoms. The molecule has 0 saturated heterocycles. The molecule has 1 aromatic carbocycles. The number of anilines is 2. The minimum atomic E-state index is 0.659. The van der Waals surface area contributed by atoms with E-state index in [1.165, 1.54) is 6.42 Å². The molecule has 3 N–H and O–H groups in total. The van der Waals surface area contributed by atoms with Crippen LogP contribution >= 0.6 is 0 Å². The maximum atomic E-state index is 5.94. The summed E-state index contributed by atoms with van der Waals surface area (Å²) in [6.07, 6.45) is 2.98. The third kappa shape index (κ3) is 2.49. The fourth-order valence-corrected chi connectivity index (χ4v) is 1.77. The van der Waals surface area contributed by atoms with E-state index in [2.05, 4.69) is 24.1 Å². The molecule has 0 aliphatic carbocycles. The van der Waals surface area contributed by atoms with Gasteiger partial charge in [0.25, 0.3) is 0 Å². The maximum absolute atomic E-state index is 5.94. The zero-order valence-electron chi connectivity index (χ0n) is 10.4. The van der Waals surface area contributed by atoms with Crippen LogP contribution in [0.1, 0.15) is 20.3 Å². The number of nitrogens with one attached hydrogen (secondary N) is 1. The lowest BCUT2D eigenvalue weighted by Gasteiger charge is -2.13. The molecule has 2 rings (SSSR count). The first-order valence-electron chi connectivity index (χ1n) is 6.09. The molecule has 0 saturated carbocycles. The summed E-state index contributed by atoms with van der Waals surface area (Å²) in [6, 6.07) is 7.86. The second kappa shape index (κ2) is 5.04. The molecule has 2 aromatic rings. The van der Waals surface area contributed by atoms with Crippen LogP contribution in [0.4, 0.5) is 11.4 Å². The van der Waals surface area contributed by atoms with E-state index < -0.39 is 0 Å². The molecule has 3 heteroatoms. The van der Waals surface area contributed by atoms with Crippen molar-refractivity contribution in [1.29, 1.82) is 0 Å². The van der Waals surface area contributed by atoms with Gasteiger partial charge in [0.1, 0.15) is 0 Å². The van der Waals surface area contributed by atoms with E-state index in [0.717, 1.165) is 28.8 Å². The first kappa shape index (κ1) is 11.7. The predicted octanol–water partition coefficient (Wildman–Crippen LogP) is 3.28. The molecule has 0 fully saturated rings. The van der Waals surface area contributed by atoms with Gasteiger partial charge < -0.3 is 11.1 Å². The summed E-state index contributed by atoms with van der Waals surface area (Å²) in [5.74, 6) is 0.659. The summed E-state index contributed by atoms with van der Waals surface area (Å²) < 4.78 is 0. The topological polar surface area (TPSA) is 50.9 Å². The minimum Gasteiger partial charge on any atom is -0.398 e. The Morgan fingerprint density at radius 3 is 2.94 bits per heavy atom. The van der Waals surface area contributed by atoms with Gasteiger partial charge in [-0.2, -0.15) is 0 Å². The Bertz CT molecular complexity index is 508. The maximum Gasteiger partial charge on any atom is 0.0953 e. The lowest BCUT2D eigenvalue weighted by atomic mass is 10.1. The number of nitrogen functional groups attached to an aromatic ring is 1. The van der Waals surface area contributed by atoms with Crippen molar-refractivity contribution in [2.75, 3.05) is 17.6 Å². The van der Waals surface area contributed by atoms with Gasteiger partial charge >= 0.3 is 0 Å². The Morgan fingerprint density at radius 1 is 1.35 bits per heavy atom. The van der Waals surface area contributed by atoms with Gasteiger partial charge in [0.05, 0.1) is 11.2 Å². The van der Waals surface area contributed by atoms with Gasteiger partial charge in [0.15, 0.2) is 0 Å². The highest BCUT2D eigenvalue weighted by molar-refractivity contribution is 5.98. The third-order valence-corrected chi connectivity index (χ3v) is 3.14. The van der Waals surface area contributed by atoms with E-state index in [9.17, 15) is 0 Å². The van der Waals surface area contributed by atoms with Crippen LogP contribution in [0.2, 0.25) is 0 Å². The van der Waals surface area contributed by atoms with Gasteiger partial charge in [0, 0.05) is 23.8 Å². The van der Waals surface area contributed by atoms with Crippen molar-refractivity contribution in [3.05, 3.63) is 30.5 Å². The second-order valence-electron chi connectivity index (χ2n) is 4.50. The van der Waals surface area contributed by atoms with Gasteiger partial charge in [0.2, 0.25) is 0 Å². The normalized spacial score (nSPS) is 12.6. The fraction of sp³-hybridized carbons (Fsp3) is 0.357. The zero-order chi connectivity index (χ0) is 12.3. The average Bonchev–Trinajstić information content (AvgIpc) is 2.38. The van der Waals surface area contributed by atoms with E-state index >= 15 is 0 Å². The Balaban J connectivity index is 2.32. The average molecular weight is 229 g/mol. The van der Waals surface area contributed by atoms with Crippen molar-refractivity contribution in [2.45, 2.75) is 20.3 Å². The van der Waals surface area contributed by atoms with Crippen molar-refractivity contribution < 1.29 is 0 Å². The van der Waals surface area contributed by atoms with E-state index in [1.807, 2.05) is 24.3 Å². The van der Waals surface area contributed by atoms with E-state index in [4.69, 9.17) is 5.73 Å². The number of nitrogens with two attached hydrogens (primary N) is 1. The standard InChI is InChI=1S/C14H19N3/c1-3-10(2)9-17-13-7-6-12(15)11-5-4-8-16-14(11)13/h4-8,10,17H,3,9,15H2,1-2H3. The van der Waals surface area contributed by atoms with Crippen molar-refractivity contribution in [3.63, 3.8) is 0 Å². The molecule has 17 heavy (non-hydrogen) atoms. The number of benzene rings is 1. The predicted molar refractivity (Wildman–Crippen MR) is 74.1 cm³/mol. The molecule has 3 nitrogen and oxygen atoms in total. The van der Waals surface area contributed by atoms with Crippen molar-refractivity contribution in [1.82, 2.24) is 4.98 Å².